The van der Waals surface area contributed by atoms with E-state index in [2.05, 4.69) is 59.2 Å². The molecule has 0 spiro atoms. The second-order valence-electron chi connectivity index (χ2n) is 11.7. The minimum Gasteiger partial charge on any atom is -0.490 e. The average molecular weight is 662 g/mol. The number of aryl methyl sites for hydroxylation is 2. The normalized spacial score (nSPS) is 12.1. The first-order valence-electron chi connectivity index (χ1n) is 16.8. The molecular formula is C41H40ClNO5. The summed E-state index contributed by atoms with van der Waals surface area (Å²) >= 11 is 6.54. The van der Waals surface area contributed by atoms with Crippen LogP contribution in [0.4, 0.5) is 0 Å². The van der Waals surface area contributed by atoms with Crippen LogP contribution in [0, 0.1) is 0 Å². The topological polar surface area (TPSA) is 51.1 Å². The smallest absolute Gasteiger partial charge is 0.161 e. The van der Waals surface area contributed by atoms with Gasteiger partial charge < -0.3 is 28.3 Å². The molecule has 1 aliphatic heterocycles. The van der Waals surface area contributed by atoms with Gasteiger partial charge in [-0.3, -0.25) is 0 Å². The maximum Gasteiger partial charge on any atom is 0.161 e. The van der Waals surface area contributed by atoms with Crippen molar-refractivity contribution < 1.29 is 23.7 Å². The summed E-state index contributed by atoms with van der Waals surface area (Å²) in [7, 11) is 0. The van der Waals surface area contributed by atoms with E-state index in [0.29, 0.717) is 38.1 Å². The van der Waals surface area contributed by atoms with Crippen LogP contribution in [0.2, 0.25) is 5.02 Å². The molecule has 6 nitrogen and oxygen atoms in total. The lowest BCUT2D eigenvalue weighted by molar-refractivity contribution is 0.287. The second-order valence-corrected chi connectivity index (χ2v) is 12.1. The third-order valence-corrected chi connectivity index (χ3v) is 9.20. The first kappa shape index (κ1) is 31.8. The zero-order valence-electron chi connectivity index (χ0n) is 27.9. The third kappa shape index (κ3) is 5.68. The van der Waals surface area contributed by atoms with Gasteiger partial charge in [-0.25, -0.2) is 0 Å². The Morgan fingerprint density at radius 2 is 1.25 bits per heavy atom. The summed E-state index contributed by atoms with van der Waals surface area (Å²) in [5, 5.41) is 3.98. The Balaban J connectivity index is 1.53. The van der Waals surface area contributed by atoms with Crippen LogP contribution in [0.25, 0.3) is 44.1 Å². The molecule has 6 aromatic rings. The highest BCUT2D eigenvalue weighted by atomic mass is 35.5. The molecule has 5 aromatic carbocycles. The van der Waals surface area contributed by atoms with Crippen molar-refractivity contribution in [1.82, 2.24) is 4.57 Å². The molecule has 0 aliphatic carbocycles. The van der Waals surface area contributed by atoms with Crippen LogP contribution in [-0.2, 0) is 19.6 Å². The average Bonchev–Trinajstić information content (AvgIpc) is 3.44. The highest BCUT2D eigenvalue weighted by Gasteiger charge is 2.29. The lowest BCUT2D eigenvalue weighted by atomic mass is 9.92. The van der Waals surface area contributed by atoms with Gasteiger partial charge >= 0.3 is 0 Å². The molecular weight excluding hydrogens is 622 g/mol. The first-order valence-corrected chi connectivity index (χ1v) is 17.2. The highest BCUT2D eigenvalue weighted by Crippen LogP contribution is 2.51. The van der Waals surface area contributed by atoms with Gasteiger partial charge in [-0.05, 0) is 81.6 Å². The van der Waals surface area contributed by atoms with Crippen molar-refractivity contribution in [2.75, 3.05) is 26.4 Å². The van der Waals surface area contributed by atoms with Crippen LogP contribution in [-0.4, -0.2) is 31.0 Å². The number of hydrogen-bond donors (Lipinski definition) is 0. The molecule has 1 aromatic heterocycles. The molecule has 0 bridgehead atoms. The SMILES string of the molecule is CCOc1ccc(-c2c3n(c4c2cc(OCc2ccccc2Cl)c2ccccc24)CCc2cc(OCC)c(OCC)cc2-3)cc1OCC. The zero-order chi connectivity index (χ0) is 33.2. The summed E-state index contributed by atoms with van der Waals surface area (Å²) in [5.41, 5.74) is 7.75. The van der Waals surface area contributed by atoms with Crippen molar-refractivity contribution in [1.29, 1.82) is 0 Å². The number of nitrogens with zero attached hydrogens (tertiary/aromatic N) is 1. The minimum atomic E-state index is 0.358. The predicted octanol–water partition coefficient (Wildman–Crippen LogP) is 10.5. The van der Waals surface area contributed by atoms with E-state index in [1.54, 1.807) is 0 Å². The molecule has 0 atom stereocenters. The molecule has 2 heterocycles. The van der Waals surface area contributed by atoms with Gasteiger partial charge in [0, 0.05) is 44.4 Å². The second kappa shape index (κ2) is 13.7. The molecule has 1 aliphatic rings. The number of hydrogen-bond acceptors (Lipinski definition) is 5. The molecule has 0 unspecified atom stereocenters. The summed E-state index contributed by atoms with van der Waals surface area (Å²) < 4.78 is 33.4. The summed E-state index contributed by atoms with van der Waals surface area (Å²) in [4.78, 5) is 0. The van der Waals surface area contributed by atoms with E-state index in [-0.39, 0.29) is 0 Å². The number of halogens is 1. The van der Waals surface area contributed by atoms with Gasteiger partial charge in [-0.1, -0.05) is 60.1 Å². The Hall–Kier alpha value is -4.81. The van der Waals surface area contributed by atoms with E-state index in [9.17, 15) is 0 Å². The van der Waals surface area contributed by atoms with Crippen molar-refractivity contribution >= 4 is 33.3 Å². The van der Waals surface area contributed by atoms with Gasteiger partial charge in [0.05, 0.1) is 37.6 Å². The Bertz CT molecular complexity index is 2120. The van der Waals surface area contributed by atoms with Crippen LogP contribution < -0.4 is 23.7 Å². The molecule has 7 rings (SSSR count). The van der Waals surface area contributed by atoms with Gasteiger partial charge in [0.15, 0.2) is 23.0 Å². The summed E-state index contributed by atoms with van der Waals surface area (Å²) in [6.07, 6.45) is 0.866. The van der Waals surface area contributed by atoms with Gasteiger partial charge in [0.1, 0.15) is 12.4 Å². The largest absolute Gasteiger partial charge is 0.490 e. The first-order chi connectivity index (χ1) is 23.6. The molecule has 0 N–H and O–H groups in total. The quantitative estimate of drug-likeness (QED) is 0.131. The van der Waals surface area contributed by atoms with Crippen molar-refractivity contribution in [2.45, 2.75) is 47.3 Å². The van der Waals surface area contributed by atoms with E-state index in [1.807, 2.05) is 58.0 Å². The van der Waals surface area contributed by atoms with E-state index >= 15 is 0 Å². The number of ether oxygens (including phenoxy) is 5. The van der Waals surface area contributed by atoms with Gasteiger partial charge in [0.2, 0.25) is 0 Å². The summed E-state index contributed by atoms with van der Waals surface area (Å²) in [6.45, 7) is 11.4. The fourth-order valence-corrected chi connectivity index (χ4v) is 7.06. The van der Waals surface area contributed by atoms with Gasteiger partial charge in [-0.2, -0.15) is 0 Å². The summed E-state index contributed by atoms with van der Waals surface area (Å²) in [5.74, 6) is 3.79. The fourth-order valence-electron chi connectivity index (χ4n) is 6.87. The molecule has 0 amide bonds. The molecule has 7 heteroatoms. The lowest BCUT2D eigenvalue weighted by Gasteiger charge is -2.24. The molecule has 0 radical (unpaired) electrons. The molecule has 0 fully saturated rings. The highest BCUT2D eigenvalue weighted by molar-refractivity contribution is 6.31. The number of fused-ring (bicyclic) bond motifs is 7. The van der Waals surface area contributed by atoms with Crippen LogP contribution in [0.3, 0.4) is 0 Å². The molecule has 0 saturated heterocycles. The molecule has 0 saturated carbocycles. The van der Waals surface area contributed by atoms with Crippen molar-refractivity contribution in [3.63, 3.8) is 0 Å². The van der Waals surface area contributed by atoms with Gasteiger partial charge in [0.25, 0.3) is 0 Å². The maximum absolute atomic E-state index is 6.62. The summed E-state index contributed by atoms with van der Waals surface area (Å²) in [6, 6.07) is 29.1. The molecule has 48 heavy (non-hydrogen) atoms. The van der Waals surface area contributed by atoms with E-state index < -0.39 is 0 Å². The lowest BCUT2D eigenvalue weighted by Crippen LogP contribution is -2.12. The van der Waals surface area contributed by atoms with Gasteiger partial charge in [-0.15, -0.1) is 0 Å². The third-order valence-electron chi connectivity index (χ3n) is 8.83. The van der Waals surface area contributed by atoms with Crippen LogP contribution in [0.5, 0.6) is 28.7 Å². The Morgan fingerprint density at radius 1 is 0.604 bits per heavy atom. The van der Waals surface area contributed by atoms with Crippen molar-refractivity contribution in [3.05, 3.63) is 101 Å². The van der Waals surface area contributed by atoms with Crippen LogP contribution >= 0.6 is 11.6 Å². The zero-order valence-corrected chi connectivity index (χ0v) is 28.7. The Kier molecular flexibility index (Phi) is 9.09. The number of benzene rings is 5. The monoisotopic (exact) mass is 661 g/mol. The Labute approximate surface area is 286 Å². The number of rotatable bonds is 12. The predicted molar refractivity (Wildman–Crippen MR) is 194 cm³/mol. The maximum atomic E-state index is 6.62. The fraction of sp³-hybridized carbons (Fsp3) is 0.268. The number of aromatic nitrogens is 1. The minimum absolute atomic E-state index is 0.358. The van der Waals surface area contributed by atoms with Crippen LogP contribution in [0.1, 0.15) is 38.8 Å². The van der Waals surface area contributed by atoms with E-state index in [0.717, 1.165) is 85.8 Å². The molecule has 246 valence electrons. The Morgan fingerprint density at radius 3 is 1.98 bits per heavy atom. The van der Waals surface area contributed by atoms with Crippen LogP contribution in [0.15, 0.2) is 84.9 Å². The van der Waals surface area contributed by atoms with Crippen molar-refractivity contribution in [3.8, 4) is 51.1 Å². The van der Waals surface area contributed by atoms with E-state index in [4.69, 9.17) is 35.3 Å². The van der Waals surface area contributed by atoms with E-state index in [1.165, 1.54) is 11.1 Å². The van der Waals surface area contributed by atoms with Crippen molar-refractivity contribution in [2.24, 2.45) is 0 Å². The standard InChI is InChI=1S/C41H40ClNO5/c1-5-44-34-18-17-27(22-36(34)45-6-2)39-32-24-35(48-25-28-13-9-12-16-33(28)42)29-14-10-11-15-30(29)40(32)43-20-19-26-21-37(46-7-3)38(47-8-4)23-31(26)41(39)43/h9-18,21-24H,5-8,19-20,25H2,1-4H3.